The summed E-state index contributed by atoms with van der Waals surface area (Å²) >= 11 is 0. The van der Waals surface area contributed by atoms with Gasteiger partial charge in [0.1, 0.15) is 6.04 Å². The average Bonchev–Trinajstić information content (AvgIpc) is 2.81. The Morgan fingerprint density at radius 3 is 2.31 bits per heavy atom. The van der Waals surface area contributed by atoms with Crippen molar-refractivity contribution in [3.05, 3.63) is 65.2 Å². The molecule has 0 radical (unpaired) electrons. The summed E-state index contributed by atoms with van der Waals surface area (Å²) in [5, 5.41) is 11.6. The number of nitriles is 1. The summed E-state index contributed by atoms with van der Waals surface area (Å²) < 4.78 is 65.0. The van der Waals surface area contributed by atoms with Gasteiger partial charge in [0, 0.05) is 25.7 Å². The molecule has 36 heavy (non-hydrogen) atoms. The SMILES string of the molecule is C[C@H](C(=O)N[C@H](C)c1ccc(C(F)(F)F)cc1)N(C)C(=O)c1cccc(S(=O)(=O)N2CC(C#N)C2)c1. The van der Waals surface area contributed by atoms with E-state index in [1.54, 1.807) is 6.92 Å². The van der Waals surface area contributed by atoms with E-state index < -0.39 is 45.7 Å². The Labute approximate surface area is 207 Å². The molecule has 0 aromatic heterocycles. The molecule has 1 aliphatic heterocycles. The zero-order chi connectivity index (χ0) is 26.8. The van der Waals surface area contributed by atoms with E-state index in [-0.39, 0.29) is 29.5 Å². The van der Waals surface area contributed by atoms with Crippen molar-refractivity contribution in [3.8, 4) is 6.07 Å². The molecule has 1 aliphatic rings. The molecule has 2 aromatic rings. The summed E-state index contributed by atoms with van der Waals surface area (Å²) in [6.07, 6.45) is -4.46. The minimum atomic E-state index is -4.46. The monoisotopic (exact) mass is 522 g/mol. The minimum absolute atomic E-state index is 0.0615. The van der Waals surface area contributed by atoms with E-state index in [1.165, 1.54) is 50.4 Å². The van der Waals surface area contributed by atoms with Crippen molar-refractivity contribution in [1.82, 2.24) is 14.5 Å². The molecule has 0 spiro atoms. The number of rotatable bonds is 7. The van der Waals surface area contributed by atoms with Crippen LogP contribution in [0.25, 0.3) is 0 Å². The summed E-state index contributed by atoms with van der Waals surface area (Å²) in [5.41, 5.74) is -0.279. The molecule has 8 nitrogen and oxygen atoms in total. The topological polar surface area (TPSA) is 111 Å². The Hall–Kier alpha value is -3.43. The predicted molar refractivity (Wildman–Crippen MR) is 124 cm³/mol. The van der Waals surface area contributed by atoms with Gasteiger partial charge in [-0.15, -0.1) is 0 Å². The number of nitrogens with one attached hydrogen (secondary N) is 1. The quantitative estimate of drug-likeness (QED) is 0.601. The lowest BCUT2D eigenvalue weighted by Crippen LogP contribution is -2.49. The van der Waals surface area contributed by atoms with Crippen LogP contribution in [-0.4, -0.2) is 55.6 Å². The van der Waals surface area contributed by atoms with Crippen LogP contribution in [0.5, 0.6) is 0 Å². The van der Waals surface area contributed by atoms with Crippen LogP contribution < -0.4 is 5.32 Å². The zero-order valence-corrected chi connectivity index (χ0v) is 20.6. The van der Waals surface area contributed by atoms with E-state index in [9.17, 15) is 31.2 Å². The van der Waals surface area contributed by atoms with E-state index in [2.05, 4.69) is 5.32 Å². The second-order valence-electron chi connectivity index (χ2n) is 8.62. The first-order valence-corrected chi connectivity index (χ1v) is 12.4. The first kappa shape index (κ1) is 27.2. The van der Waals surface area contributed by atoms with E-state index >= 15 is 0 Å². The van der Waals surface area contributed by atoms with Crippen molar-refractivity contribution in [1.29, 1.82) is 5.26 Å². The van der Waals surface area contributed by atoms with Crippen LogP contribution in [0.15, 0.2) is 53.4 Å². The van der Waals surface area contributed by atoms with Gasteiger partial charge in [0.25, 0.3) is 5.91 Å². The van der Waals surface area contributed by atoms with Crippen LogP contribution in [0.3, 0.4) is 0 Å². The smallest absolute Gasteiger partial charge is 0.348 e. The molecule has 192 valence electrons. The van der Waals surface area contributed by atoms with Crippen LogP contribution in [0.4, 0.5) is 13.2 Å². The van der Waals surface area contributed by atoms with Gasteiger partial charge < -0.3 is 10.2 Å². The van der Waals surface area contributed by atoms with Gasteiger partial charge in [-0.3, -0.25) is 9.59 Å². The van der Waals surface area contributed by atoms with Gasteiger partial charge in [-0.25, -0.2) is 8.42 Å². The molecule has 2 atom stereocenters. The molecule has 0 unspecified atom stereocenters. The number of hydrogen-bond donors (Lipinski definition) is 1. The fourth-order valence-corrected chi connectivity index (χ4v) is 5.17. The first-order valence-electron chi connectivity index (χ1n) is 11.0. The Balaban J connectivity index is 1.67. The number of sulfonamides is 1. The number of hydrogen-bond acceptors (Lipinski definition) is 5. The second-order valence-corrected chi connectivity index (χ2v) is 10.6. The van der Waals surface area contributed by atoms with E-state index in [1.807, 2.05) is 6.07 Å². The number of carbonyl (C=O) groups excluding carboxylic acids is 2. The summed E-state index contributed by atoms with van der Waals surface area (Å²) in [6.45, 7) is 3.27. The lowest BCUT2D eigenvalue weighted by molar-refractivity contribution is -0.137. The van der Waals surface area contributed by atoms with E-state index in [0.717, 1.165) is 21.3 Å². The molecule has 2 aromatic carbocycles. The molecule has 0 bridgehead atoms. The zero-order valence-electron chi connectivity index (χ0n) is 19.8. The lowest BCUT2D eigenvalue weighted by atomic mass is 10.1. The number of alkyl halides is 3. The third kappa shape index (κ3) is 5.68. The number of likely N-dealkylation sites (N-methyl/N-ethyl adjacent to an activating group) is 1. The van der Waals surface area contributed by atoms with Gasteiger partial charge in [0.05, 0.1) is 28.5 Å². The predicted octanol–water partition coefficient (Wildman–Crippen LogP) is 3.19. The fourth-order valence-electron chi connectivity index (χ4n) is 3.59. The van der Waals surface area contributed by atoms with Crippen molar-refractivity contribution in [3.63, 3.8) is 0 Å². The van der Waals surface area contributed by atoms with Crippen molar-refractivity contribution in [2.24, 2.45) is 5.92 Å². The van der Waals surface area contributed by atoms with Gasteiger partial charge in [-0.1, -0.05) is 18.2 Å². The summed E-state index contributed by atoms with van der Waals surface area (Å²) in [5.74, 6) is -1.49. The highest BCUT2D eigenvalue weighted by Crippen LogP contribution is 2.30. The lowest BCUT2D eigenvalue weighted by Gasteiger charge is -2.34. The van der Waals surface area contributed by atoms with Crippen LogP contribution in [-0.2, 0) is 21.0 Å². The molecular formula is C24H25F3N4O4S. The Bertz CT molecular complexity index is 1280. The van der Waals surface area contributed by atoms with Crippen LogP contribution in [0.2, 0.25) is 0 Å². The summed E-state index contributed by atoms with van der Waals surface area (Å²) in [7, 11) is -2.47. The normalized spacial score (nSPS) is 16.4. The van der Waals surface area contributed by atoms with E-state index in [0.29, 0.717) is 5.56 Å². The molecule has 2 amide bonds. The van der Waals surface area contributed by atoms with E-state index in [4.69, 9.17) is 5.26 Å². The minimum Gasteiger partial charge on any atom is -0.348 e. The standard InChI is InChI=1S/C24H25F3N4O4S/c1-15(18-7-9-20(10-8-18)24(25,26)27)29-22(32)16(2)30(3)23(33)19-5-4-6-21(11-19)36(34,35)31-13-17(12-28)14-31/h4-11,15-17H,13-14H2,1-3H3,(H,29,32)/t15-,16-/m1/s1. The van der Waals surface area contributed by atoms with Gasteiger partial charge in [-0.05, 0) is 49.7 Å². The largest absolute Gasteiger partial charge is 0.416 e. The highest BCUT2D eigenvalue weighted by Gasteiger charge is 2.37. The van der Waals surface area contributed by atoms with Crippen LogP contribution in [0.1, 0.15) is 41.4 Å². The number of carbonyl (C=O) groups is 2. The van der Waals surface area contributed by atoms with Gasteiger partial charge >= 0.3 is 6.18 Å². The van der Waals surface area contributed by atoms with Crippen LogP contribution in [0, 0.1) is 17.2 Å². The maximum absolute atomic E-state index is 13.0. The van der Waals surface area contributed by atoms with Gasteiger partial charge in [0.15, 0.2) is 0 Å². The molecule has 1 fully saturated rings. The number of benzene rings is 2. The molecule has 3 rings (SSSR count). The summed E-state index contributed by atoms with van der Waals surface area (Å²) in [6, 6.07) is 10.3. The highest BCUT2D eigenvalue weighted by atomic mass is 32.2. The number of halogens is 3. The third-order valence-electron chi connectivity index (χ3n) is 6.13. The van der Waals surface area contributed by atoms with Crippen LogP contribution >= 0.6 is 0 Å². The molecule has 1 saturated heterocycles. The molecular weight excluding hydrogens is 497 g/mol. The van der Waals surface area contributed by atoms with Gasteiger partial charge in [0.2, 0.25) is 15.9 Å². The number of amides is 2. The molecule has 1 heterocycles. The maximum atomic E-state index is 13.0. The van der Waals surface area contributed by atoms with Crippen molar-refractivity contribution in [2.45, 2.75) is 37.0 Å². The molecule has 0 saturated carbocycles. The third-order valence-corrected chi connectivity index (χ3v) is 7.95. The Morgan fingerprint density at radius 1 is 1.14 bits per heavy atom. The highest BCUT2D eigenvalue weighted by molar-refractivity contribution is 7.89. The average molecular weight is 523 g/mol. The Kier molecular flexibility index (Phi) is 7.76. The van der Waals surface area contributed by atoms with Crippen molar-refractivity contribution >= 4 is 21.8 Å². The van der Waals surface area contributed by atoms with Crippen molar-refractivity contribution in [2.75, 3.05) is 20.1 Å². The fraction of sp³-hybridized carbons (Fsp3) is 0.375. The second kappa shape index (κ2) is 10.3. The van der Waals surface area contributed by atoms with Crippen molar-refractivity contribution < 1.29 is 31.2 Å². The molecule has 0 aliphatic carbocycles. The first-order chi connectivity index (χ1) is 16.8. The maximum Gasteiger partial charge on any atom is 0.416 e. The number of nitrogens with zero attached hydrogens (tertiary/aromatic N) is 3. The Morgan fingerprint density at radius 2 is 1.75 bits per heavy atom. The molecule has 1 N–H and O–H groups in total. The summed E-state index contributed by atoms with van der Waals surface area (Å²) in [4.78, 5) is 26.8. The van der Waals surface area contributed by atoms with Gasteiger partial charge in [-0.2, -0.15) is 22.7 Å². The molecule has 12 heteroatoms.